The van der Waals surface area contributed by atoms with E-state index in [1.165, 1.54) is 23.3 Å². The number of hydrogen-bond acceptors (Lipinski definition) is 4. The molecule has 0 fully saturated rings. The third-order valence-corrected chi connectivity index (χ3v) is 3.79. The van der Waals surface area contributed by atoms with E-state index < -0.39 is 4.92 Å². The minimum Gasteiger partial charge on any atom is -0.459 e. The smallest absolute Gasteiger partial charge is 0.294 e. The Morgan fingerprint density at radius 2 is 1.92 bits per heavy atom. The zero-order chi connectivity index (χ0) is 17.8. The van der Waals surface area contributed by atoms with Crippen molar-refractivity contribution < 1.29 is 14.1 Å². The molecule has 0 saturated carbocycles. The number of carbonyl (C=O) groups excluding carboxylic acids is 1. The normalized spacial score (nSPS) is 10.4. The zero-order valence-corrected chi connectivity index (χ0v) is 13.7. The SMILES string of the molecule is O=C(c1ccco1)N(Cc1cccc([N+](=O)[O-])c1)c1cccc(Cl)c1. The van der Waals surface area contributed by atoms with Crippen molar-refractivity contribution >= 4 is 28.9 Å². The lowest BCUT2D eigenvalue weighted by Crippen LogP contribution is -2.30. The maximum atomic E-state index is 12.8. The topological polar surface area (TPSA) is 76.6 Å². The van der Waals surface area contributed by atoms with E-state index in [9.17, 15) is 14.9 Å². The van der Waals surface area contributed by atoms with Gasteiger partial charge in [0.1, 0.15) is 0 Å². The Hall–Kier alpha value is -3.12. The van der Waals surface area contributed by atoms with E-state index in [1.807, 2.05) is 0 Å². The Balaban J connectivity index is 1.98. The van der Waals surface area contributed by atoms with Gasteiger partial charge in [0, 0.05) is 22.8 Å². The van der Waals surface area contributed by atoms with Crippen LogP contribution < -0.4 is 4.90 Å². The summed E-state index contributed by atoms with van der Waals surface area (Å²) in [6, 6.07) is 16.2. The Bertz CT molecular complexity index is 909. The quantitative estimate of drug-likeness (QED) is 0.491. The third kappa shape index (κ3) is 3.87. The molecule has 126 valence electrons. The number of carbonyl (C=O) groups is 1. The number of rotatable bonds is 5. The summed E-state index contributed by atoms with van der Waals surface area (Å²) in [6.45, 7) is 0.140. The van der Waals surface area contributed by atoms with Crippen LogP contribution in [0.4, 0.5) is 11.4 Å². The molecule has 0 bridgehead atoms. The highest BCUT2D eigenvalue weighted by Gasteiger charge is 2.21. The summed E-state index contributed by atoms with van der Waals surface area (Å²) in [6.07, 6.45) is 1.41. The molecule has 0 aliphatic heterocycles. The number of non-ortho nitro benzene ring substituents is 1. The van der Waals surface area contributed by atoms with Crippen LogP contribution in [0.3, 0.4) is 0 Å². The van der Waals surface area contributed by atoms with E-state index in [-0.39, 0.29) is 23.9 Å². The number of nitrogens with zero attached hydrogens (tertiary/aromatic N) is 2. The van der Waals surface area contributed by atoms with E-state index in [0.717, 1.165) is 0 Å². The van der Waals surface area contributed by atoms with Gasteiger partial charge in [0.25, 0.3) is 11.6 Å². The maximum Gasteiger partial charge on any atom is 0.294 e. The summed E-state index contributed by atoms with van der Waals surface area (Å²) in [4.78, 5) is 24.8. The number of furan rings is 1. The molecule has 6 nitrogen and oxygen atoms in total. The van der Waals surface area contributed by atoms with Crippen molar-refractivity contribution in [2.75, 3.05) is 4.90 Å². The van der Waals surface area contributed by atoms with Gasteiger partial charge >= 0.3 is 0 Å². The van der Waals surface area contributed by atoms with Gasteiger partial charge in [0.2, 0.25) is 0 Å². The van der Waals surface area contributed by atoms with E-state index in [0.29, 0.717) is 16.3 Å². The van der Waals surface area contributed by atoms with Gasteiger partial charge in [0.15, 0.2) is 5.76 Å². The van der Waals surface area contributed by atoms with Crippen LogP contribution in [0.2, 0.25) is 5.02 Å². The first-order chi connectivity index (χ1) is 12.0. The summed E-state index contributed by atoms with van der Waals surface area (Å²) in [7, 11) is 0. The standard InChI is InChI=1S/C18H13ClN2O4/c19-14-5-2-6-15(11-14)20(18(22)17-8-3-9-25-17)12-13-4-1-7-16(10-13)21(23)24/h1-11H,12H2. The number of nitro benzene ring substituents is 1. The second kappa shape index (κ2) is 7.19. The van der Waals surface area contributed by atoms with E-state index in [1.54, 1.807) is 48.5 Å². The number of benzene rings is 2. The molecule has 0 radical (unpaired) electrons. The molecule has 1 aromatic heterocycles. The van der Waals surface area contributed by atoms with Crippen LogP contribution in [0, 0.1) is 10.1 Å². The summed E-state index contributed by atoms with van der Waals surface area (Å²) in [5.74, 6) is -0.191. The molecule has 1 heterocycles. The first kappa shape index (κ1) is 16.7. The average Bonchev–Trinajstić information content (AvgIpc) is 3.14. The van der Waals surface area contributed by atoms with Crippen molar-refractivity contribution in [1.29, 1.82) is 0 Å². The Morgan fingerprint density at radius 1 is 1.12 bits per heavy atom. The fourth-order valence-corrected chi connectivity index (χ4v) is 2.59. The summed E-state index contributed by atoms with van der Waals surface area (Å²) >= 11 is 6.04. The molecule has 3 rings (SSSR count). The maximum absolute atomic E-state index is 12.8. The van der Waals surface area contributed by atoms with Gasteiger partial charge in [-0.25, -0.2) is 0 Å². The van der Waals surface area contributed by atoms with Gasteiger partial charge < -0.3 is 9.32 Å². The summed E-state index contributed by atoms with van der Waals surface area (Å²) < 4.78 is 5.20. The highest BCUT2D eigenvalue weighted by molar-refractivity contribution is 6.31. The molecule has 25 heavy (non-hydrogen) atoms. The van der Waals surface area contributed by atoms with Crippen LogP contribution >= 0.6 is 11.6 Å². The van der Waals surface area contributed by atoms with Crippen molar-refractivity contribution in [3.05, 3.63) is 93.4 Å². The fraction of sp³-hybridized carbons (Fsp3) is 0.0556. The van der Waals surface area contributed by atoms with E-state index >= 15 is 0 Å². The minimum absolute atomic E-state index is 0.0333. The van der Waals surface area contributed by atoms with Crippen LogP contribution in [-0.4, -0.2) is 10.8 Å². The van der Waals surface area contributed by atoms with Crippen LogP contribution in [0.5, 0.6) is 0 Å². The zero-order valence-electron chi connectivity index (χ0n) is 13.0. The largest absolute Gasteiger partial charge is 0.459 e. The number of nitro groups is 1. The second-order valence-corrected chi connectivity index (χ2v) is 5.71. The number of anilines is 1. The Labute approximate surface area is 148 Å². The molecule has 0 spiro atoms. The molecule has 0 saturated heterocycles. The van der Waals surface area contributed by atoms with Crippen LogP contribution in [0.25, 0.3) is 0 Å². The van der Waals surface area contributed by atoms with Crippen molar-refractivity contribution in [2.45, 2.75) is 6.54 Å². The monoisotopic (exact) mass is 356 g/mol. The molecular formula is C18H13ClN2O4. The number of halogens is 1. The van der Waals surface area contributed by atoms with Gasteiger partial charge in [0.05, 0.1) is 17.7 Å². The number of hydrogen-bond donors (Lipinski definition) is 0. The number of amides is 1. The molecule has 2 aromatic carbocycles. The van der Waals surface area contributed by atoms with E-state index in [2.05, 4.69) is 0 Å². The fourth-order valence-electron chi connectivity index (χ4n) is 2.41. The molecule has 0 aliphatic rings. The Kier molecular flexibility index (Phi) is 4.81. The van der Waals surface area contributed by atoms with Crippen molar-refractivity contribution in [3.8, 4) is 0 Å². The Morgan fingerprint density at radius 3 is 2.60 bits per heavy atom. The second-order valence-electron chi connectivity index (χ2n) is 5.28. The highest BCUT2D eigenvalue weighted by atomic mass is 35.5. The summed E-state index contributed by atoms with van der Waals surface area (Å²) in [5, 5.41) is 11.4. The molecule has 0 atom stereocenters. The lowest BCUT2D eigenvalue weighted by Gasteiger charge is -2.22. The third-order valence-electron chi connectivity index (χ3n) is 3.56. The van der Waals surface area contributed by atoms with Crippen molar-refractivity contribution in [1.82, 2.24) is 0 Å². The minimum atomic E-state index is -0.471. The van der Waals surface area contributed by atoms with Crippen molar-refractivity contribution in [2.24, 2.45) is 0 Å². The molecule has 0 aliphatic carbocycles. The van der Waals surface area contributed by atoms with Crippen LogP contribution in [0.1, 0.15) is 16.1 Å². The van der Waals surface area contributed by atoms with Gasteiger partial charge in [-0.2, -0.15) is 0 Å². The molecule has 7 heteroatoms. The molecule has 1 amide bonds. The lowest BCUT2D eigenvalue weighted by molar-refractivity contribution is -0.384. The lowest BCUT2D eigenvalue weighted by atomic mass is 10.1. The molecule has 0 N–H and O–H groups in total. The first-order valence-corrected chi connectivity index (χ1v) is 7.76. The van der Waals surface area contributed by atoms with Gasteiger partial charge in [-0.3, -0.25) is 14.9 Å². The predicted octanol–water partition coefficient (Wildman–Crippen LogP) is 4.69. The van der Waals surface area contributed by atoms with E-state index in [4.69, 9.17) is 16.0 Å². The highest BCUT2D eigenvalue weighted by Crippen LogP contribution is 2.25. The van der Waals surface area contributed by atoms with Gasteiger partial charge in [-0.15, -0.1) is 0 Å². The molecular weight excluding hydrogens is 344 g/mol. The van der Waals surface area contributed by atoms with Gasteiger partial charge in [-0.05, 0) is 35.9 Å². The first-order valence-electron chi connectivity index (χ1n) is 7.39. The van der Waals surface area contributed by atoms with Crippen molar-refractivity contribution in [3.63, 3.8) is 0 Å². The van der Waals surface area contributed by atoms with Gasteiger partial charge in [-0.1, -0.05) is 29.8 Å². The summed E-state index contributed by atoms with van der Waals surface area (Å²) in [5.41, 5.74) is 1.16. The average molecular weight is 357 g/mol. The molecule has 0 unspecified atom stereocenters. The predicted molar refractivity (Wildman–Crippen MR) is 93.8 cm³/mol. The van der Waals surface area contributed by atoms with Crippen LogP contribution in [-0.2, 0) is 6.54 Å². The molecule has 3 aromatic rings. The van der Waals surface area contributed by atoms with Crippen LogP contribution in [0.15, 0.2) is 71.3 Å².